The topological polar surface area (TPSA) is 55.2 Å². The molecule has 0 fully saturated rings. The SMILES string of the molecule is COc1nc(-c2ccnc(Cl)c2Cl)ccc1CO. The molecule has 0 saturated heterocycles. The Balaban J connectivity index is 2.54. The summed E-state index contributed by atoms with van der Waals surface area (Å²) in [5.41, 5.74) is 1.88. The second-order valence-corrected chi connectivity index (χ2v) is 4.22. The second kappa shape index (κ2) is 5.52. The lowest BCUT2D eigenvalue weighted by Crippen LogP contribution is -1.97. The van der Waals surface area contributed by atoms with E-state index in [0.717, 1.165) is 0 Å². The number of nitrogens with zero attached hydrogens (tertiary/aromatic N) is 2. The molecule has 0 spiro atoms. The second-order valence-electron chi connectivity index (χ2n) is 3.49. The summed E-state index contributed by atoms with van der Waals surface area (Å²) in [6.07, 6.45) is 1.55. The number of aliphatic hydroxyl groups is 1. The van der Waals surface area contributed by atoms with Gasteiger partial charge in [0.1, 0.15) is 5.15 Å². The smallest absolute Gasteiger partial charge is 0.219 e. The molecule has 0 radical (unpaired) electrons. The summed E-state index contributed by atoms with van der Waals surface area (Å²) >= 11 is 11.9. The molecule has 2 rings (SSSR count). The lowest BCUT2D eigenvalue weighted by molar-refractivity contribution is 0.271. The van der Waals surface area contributed by atoms with Gasteiger partial charge in [0.2, 0.25) is 5.88 Å². The molecule has 0 amide bonds. The van der Waals surface area contributed by atoms with Crippen LogP contribution >= 0.6 is 23.2 Å². The highest BCUT2D eigenvalue weighted by Gasteiger charge is 2.12. The Labute approximate surface area is 114 Å². The van der Waals surface area contributed by atoms with E-state index in [0.29, 0.717) is 27.7 Å². The summed E-state index contributed by atoms with van der Waals surface area (Å²) in [5.74, 6) is 0.360. The zero-order valence-corrected chi connectivity index (χ0v) is 11.0. The summed E-state index contributed by atoms with van der Waals surface area (Å²) in [4.78, 5) is 8.16. The molecule has 0 aliphatic rings. The van der Waals surface area contributed by atoms with Crippen LogP contribution in [-0.4, -0.2) is 22.2 Å². The van der Waals surface area contributed by atoms with Gasteiger partial charge < -0.3 is 9.84 Å². The fourth-order valence-corrected chi connectivity index (χ4v) is 1.90. The van der Waals surface area contributed by atoms with Gasteiger partial charge in [-0.2, -0.15) is 0 Å². The minimum absolute atomic E-state index is 0.138. The highest BCUT2D eigenvalue weighted by atomic mass is 35.5. The molecule has 0 atom stereocenters. The first-order chi connectivity index (χ1) is 8.67. The fraction of sp³-hybridized carbons (Fsp3) is 0.167. The molecule has 0 saturated carbocycles. The van der Waals surface area contributed by atoms with E-state index in [2.05, 4.69) is 9.97 Å². The van der Waals surface area contributed by atoms with Crippen molar-refractivity contribution in [1.29, 1.82) is 0 Å². The van der Waals surface area contributed by atoms with Crippen LogP contribution in [0.5, 0.6) is 5.88 Å². The third-order valence-electron chi connectivity index (χ3n) is 2.43. The highest BCUT2D eigenvalue weighted by Crippen LogP contribution is 2.32. The Bertz CT molecular complexity index is 576. The Morgan fingerprint density at radius 2 is 2.06 bits per heavy atom. The molecule has 94 valence electrons. The van der Waals surface area contributed by atoms with Crippen LogP contribution in [0.3, 0.4) is 0 Å². The number of rotatable bonds is 3. The molecule has 2 aromatic rings. The molecule has 0 aromatic carbocycles. The highest BCUT2D eigenvalue weighted by molar-refractivity contribution is 6.42. The van der Waals surface area contributed by atoms with Crippen LogP contribution in [0.25, 0.3) is 11.3 Å². The average Bonchev–Trinajstić information content (AvgIpc) is 2.41. The zero-order valence-electron chi connectivity index (χ0n) is 9.52. The number of methoxy groups -OCH3 is 1. The lowest BCUT2D eigenvalue weighted by atomic mass is 10.1. The number of pyridine rings is 2. The maximum atomic E-state index is 9.13. The molecule has 1 N–H and O–H groups in total. The van der Waals surface area contributed by atoms with Crippen LogP contribution in [0.2, 0.25) is 10.2 Å². The van der Waals surface area contributed by atoms with E-state index in [1.807, 2.05) is 0 Å². The van der Waals surface area contributed by atoms with Crippen molar-refractivity contribution in [3.05, 3.63) is 40.1 Å². The van der Waals surface area contributed by atoms with Gasteiger partial charge >= 0.3 is 0 Å². The van der Waals surface area contributed by atoms with Crippen LogP contribution in [0, 0.1) is 0 Å². The minimum atomic E-state index is -0.138. The van der Waals surface area contributed by atoms with Gasteiger partial charge in [0, 0.05) is 17.3 Å². The Hall–Kier alpha value is -1.36. The lowest BCUT2D eigenvalue weighted by Gasteiger charge is -2.09. The molecule has 0 aliphatic carbocycles. The summed E-state index contributed by atoms with van der Waals surface area (Å²) in [7, 11) is 1.49. The molecule has 18 heavy (non-hydrogen) atoms. The molecule has 6 heteroatoms. The third kappa shape index (κ3) is 2.41. The third-order valence-corrected chi connectivity index (χ3v) is 3.19. The van der Waals surface area contributed by atoms with Gasteiger partial charge in [0.25, 0.3) is 0 Å². The molecule has 2 aromatic heterocycles. The summed E-state index contributed by atoms with van der Waals surface area (Å²) in [6, 6.07) is 5.19. The van der Waals surface area contributed by atoms with Gasteiger partial charge in [0.05, 0.1) is 24.4 Å². The van der Waals surface area contributed by atoms with Crippen molar-refractivity contribution in [3.8, 4) is 17.1 Å². The molecule has 4 nitrogen and oxygen atoms in total. The van der Waals surface area contributed by atoms with Crippen LogP contribution in [0.15, 0.2) is 24.4 Å². The molecule has 2 heterocycles. The predicted molar refractivity (Wildman–Crippen MR) is 70.0 cm³/mol. The Morgan fingerprint density at radius 1 is 1.28 bits per heavy atom. The first-order valence-electron chi connectivity index (χ1n) is 5.12. The average molecular weight is 285 g/mol. The maximum absolute atomic E-state index is 9.13. The van der Waals surface area contributed by atoms with Crippen LogP contribution in [0.1, 0.15) is 5.56 Å². The van der Waals surface area contributed by atoms with Gasteiger partial charge in [-0.15, -0.1) is 0 Å². The molecule has 0 bridgehead atoms. The van der Waals surface area contributed by atoms with Gasteiger partial charge in [-0.1, -0.05) is 23.2 Å². The number of halogens is 2. The molecule has 0 aliphatic heterocycles. The van der Waals surface area contributed by atoms with E-state index in [-0.39, 0.29) is 11.8 Å². The Kier molecular flexibility index (Phi) is 4.01. The summed E-state index contributed by atoms with van der Waals surface area (Å²) < 4.78 is 5.11. The van der Waals surface area contributed by atoms with Crippen molar-refractivity contribution in [1.82, 2.24) is 9.97 Å². The summed E-state index contributed by atoms with van der Waals surface area (Å²) in [5, 5.41) is 9.69. The number of ether oxygens (including phenoxy) is 1. The first-order valence-corrected chi connectivity index (χ1v) is 5.88. The summed E-state index contributed by atoms with van der Waals surface area (Å²) in [6.45, 7) is -0.138. The normalized spacial score (nSPS) is 10.4. The van der Waals surface area contributed by atoms with Crippen molar-refractivity contribution in [2.45, 2.75) is 6.61 Å². The van der Waals surface area contributed by atoms with E-state index >= 15 is 0 Å². The zero-order chi connectivity index (χ0) is 13.1. The Morgan fingerprint density at radius 3 is 2.72 bits per heavy atom. The quantitative estimate of drug-likeness (QED) is 0.881. The van der Waals surface area contributed by atoms with Crippen molar-refractivity contribution < 1.29 is 9.84 Å². The van der Waals surface area contributed by atoms with E-state index in [1.165, 1.54) is 7.11 Å². The van der Waals surface area contributed by atoms with E-state index < -0.39 is 0 Å². The van der Waals surface area contributed by atoms with Crippen molar-refractivity contribution in [2.75, 3.05) is 7.11 Å². The van der Waals surface area contributed by atoms with Crippen molar-refractivity contribution >= 4 is 23.2 Å². The van der Waals surface area contributed by atoms with E-state index in [4.69, 9.17) is 33.0 Å². The van der Waals surface area contributed by atoms with Crippen LogP contribution in [-0.2, 0) is 6.61 Å². The standard InChI is InChI=1S/C12H10Cl2N2O2/c1-18-12-7(6-17)2-3-9(16-12)8-4-5-15-11(14)10(8)13/h2-5,17H,6H2,1H3. The number of hydrogen-bond donors (Lipinski definition) is 1. The van der Waals surface area contributed by atoms with Crippen LogP contribution < -0.4 is 4.74 Å². The van der Waals surface area contributed by atoms with Crippen molar-refractivity contribution in [2.24, 2.45) is 0 Å². The van der Waals surface area contributed by atoms with Crippen molar-refractivity contribution in [3.63, 3.8) is 0 Å². The van der Waals surface area contributed by atoms with Gasteiger partial charge in [0.15, 0.2) is 0 Å². The number of aromatic nitrogens is 2. The largest absolute Gasteiger partial charge is 0.481 e. The van der Waals surface area contributed by atoms with Gasteiger partial charge in [-0.3, -0.25) is 0 Å². The molecular formula is C12H10Cl2N2O2. The van der Waals surface area contributed by atoms with E-state index in [9.17, 15) is 0 Å². The number of hydrogen-bond acceptors (Lipinski definition) is 4. The van der Waals surface area contributed by atoms with Gasteiger partial charge in [-0.05, 0) is 18.2 Å². The minimum Gasteiger partial charge on any atom is -0.481 e. The monoisotopic (exact) mass is 284 g/mol. The molecular weight excluding hydrogens is 275 g/mol. The maximum Gasteiger partial charge on any atom is 0.219 e. The fourth-order valence-electron chi connectivity index (χ4n) is 1.53. The first kappa shape index (κ1) is 13.1. The molecule has 0 unspecified atom stereocenters. The van der Waals surface area contributed by atoms with E-state index in [1.54, 1.807) is 24.4 Å². The van der Waals surface area contributed by atoms with Crippen LogP contribution in [0.4, 0.5) is 0 Å². The number of aliphatic hydroxyl groups excluding tert-OH is 1. The predicted octanol–water partition coefficient (Wildman–Crippen LogP) is 2.95. The van der Waals surface area contributed by atoms with Gasteiger partial charge in [-0.25, -0.2) is 9.97 Å².